The second-order valence-corrected chi connectivity index (χ2v) is 7.20. The van der Waals surface area contributed by atoms with Crippen molar-refractivity contribution in [3.8, 4) is 0 Å². The van der Waals surface area contributed by atoms with Crippen molar-refractivity contribution in [1.82, 2.24) is 4.98 Å². The number of rotatable bonds is 2. The van der Waals surface area contributed by atoms with Crippen LogP contribution < -0.4 is 5.73 Å². The quantitative estimate of drug-likeness (QED) is 0.893. The Morgan fingerprint density at radius 1 is 1.28 bits per heavy atom. The normalized spacial score (nSPS) is 27.4. The predicted octanol–water partition coefficient (Wildman–Crippen LogP) is 2.55. The fourth-order valence-electron chi connectivity index (χ4n) is 3.47. The van der Waals surface area contributed by atoms with Crippen LogP contribution in [0.15, 0.2) is 0 Å². The molecule has 2 fully saturated rings. The van der Waals surface area contributed by atoms with Crippen molar-refractivity contribution < 1.29 is 4.74 Å². The Kier molecular flexibility index (Phi) is 2.54. The summed E-state index contributed by atoms with van der Waals surface area (Å²) >= 11 is 1.89. The molecule has 3 aliphatic rings. The lowest BCUT2D eigenvalue weighted by Gasteiger charge is -2.32. The number of fused-ring (bicyclic) bond motifs is 2. The summed E-state index contributed by atoms with van der Waals surface area (Å²) in [5.41, 5.74) is 8.03. The fourth-order valence-corrected chi connectivity index (χ4v) is 4.75. The molecule has 18 heavy (non-hydrogen) atoms. The lowest BCUT2D eigenvalue weighted by atomic mass is 9.78. The first-order valence-electron chi connectivity index (χ1n) is 7.12. The van der Waals surface area contributed by atoms with Crippen LogP contribution in [0.3, 0.4) is 0 Å². The Morgan fingerprint density at radius 3 is 2.78 bits per heavy atom. The Labute approximate surface area is 112 Å². The van der Waals surface area contributed by atoms with Gasteiger partial charge in [0.2, 0.25) is 0 Å². The van der Waals surface area contributed by atoms with Crippen LogP contribution in [0, 0.1) is 5.92 Å². The van der Waals surface area contributed by atoms with Gasteiger partial charge in [0.1, 0.15) is 5.01 Å². The van der Waals surface area contributed by atoms with E-state index in [1.165, 1.54) is 41.3 Å². The number of ether oxygens (including phenoxy) is 1. The van der Waals surface area contributed by atoms with Crippen LogP contribution in [-0.2, 0) is 16.6 Å². The number of hydrogen-bond donors (Lipinski definition) is 1. The average Bonchev–Trinajstić information content (AvgIpc) is 3.08. The highest BCUT2D eigenvalue weighted by Crippen LogP contribution is 2.49. The smallest absolute Gasteiger partial charge is 0.110 e. The van der Waals surface area contributed by atoms with Gasteiger partial charge in [-0.25, -0.2) is 4.98 Å². The molecule has 0 radical (unpaired) electrons. The molecule has 1 aromatic rings. The Bertz CT molecular complexity index is 460. The maximum atomic E-state index is 6.30. The standard InChI is InChI=1S/C14H20N2OS/c15-11(9-1-2-9)13-16-12-10(18-13)3-4-14(12)5-7-17-8-6-14/h9,11H,1-8,15H2. The molecule has 2 N–H and O–H groups in total. The maximum Gasteiger partial charge on any atom is 0.110 e. The Hall–Kier alpha value is -0.450. The van der Waals surface area contributed by atoms with Crippen LogP contribution in [-0.4, -0.2) is 18.2 Å². The molecule has 1 saturated heterocycles. The molecular formula is C14H20N2OS. The van der Waals surface area contributed by atoms with E-state index in [1.54, 1.807) is 0 Å². The van der Waals surface area contributed by atoms with Gasteiger partial charge >= 0.3 is 0 Å². The highest BCUT2D eigenvalue weighted by atomic mass is 32.1. The molecule has 1 spiro atoms. The van der Waals surface area contributed by atoms with E-state index in [1.807, 2.05) is 11.3 Å². The van der Waals surface area contributed by atoms with Crippen LogP contribution in [0.5, 0.6) is 0 Å². The number of hydrogen-bond acceptors (Lipinski definition) is 4. The first kappa shape index (κ1) is 11.4. The van der Waals surface area contributed by atoms with E-state index in [-0.39, 0.29) is 6.04 Å². The van der Waals surface area contributed by atoms with Gasteiger partial charge in [-0.1, -0.05) is 0 Å². The summed E-state index contributed by atoms with van der Waals surface area (Å²) in [5, 5.41) is 1.20. The first-order chi connectivity index (χ1) is 8.78. The third-order valence-corrected chi connectivity index (χ3v) is 6.13. The summed E-state index contributed by atoms with van der Waals surface area (Å²) in [6, 6.07) is 0.206. The number of nitrogens with zero attached hydrogens (tertiary/aromatic N) is 1. The van der Waals surface area contributed by atoms with Gasteiger partial charge in [0.25, 0.3) is 0 Å². The monoisotopic (exact) mass is 264 g/mol. The molecule has 4 rings (SSSR count). The van der Waals surface area contributed by atoms with Crippen molar-refractivity contribution >= 4 is 11.3 Å². The van der Waals surface area contributed by atoms with Crippen LogP contribution in [0.25, 0.3) is 0 Å². The van der Waals surface area contributed by atoms with Crippen molar-refractivity contribution in [1.29, 1.82) is 0 Å². The molecular weight excluding hydrogens is 244 g/mol. The summed E-state index contributed by atoms with van der Waals surface area (Å²) < 4.78 is 5.52. The zero-order valence-electron chi connectivity index (χ0n) is 10.7. The molecule has 2 aliphatic carbocycles. The van der Waals surface area contributed by atoms with Gasteiger partial charge in [0, 0.05) is 23.5 Å². The first-order valence-corrected chi connectivity index (χ1v) is 7.94. The van der Waals surface area contributed by atoms with E-state index in [2.05, 4.69) is 0 Å². The Morgan fingerprint density at radius 2 is 2.06 bits per heavy atom. The second-order valence-electron chi connectivity index (χ2n) is 6.08. The molecule has 2 heterocycles. The molecule has 4 heteroatoms. The largest absolute Gasteiger partial charge is 0.381 e. The van der Waals surface area contributed by atoms with Crippen molar-refractivity contribution in [2.75, 3.05) is 13.2 Å². The summed E-state index contributed by atoms with van der Waals surface area (Å²) in [6.07, 6.45) is 7.40. The number of nitrogens with two attached hydrogens (primary N) is 1. The minimum absolute atomic E-state index is 0.206. The summed E-state index contributed by atoms with van der Waals surface area (Å²) in [5.74, 6) is 0.710. The zero-order valence-corrected chi connectivity index (χ0v) is 11.5. The minimum Gasteiger partial charge on any atom is -0.381 e. The zero-order chi connectivity index (χ0) is 12.2. The molecule has 1 atom stereocenters. The van der Waals surface area contributed by atoms with Gasteiger partial charge in [-0.3, -0.25) is 0 Å². The summed E-state index contributed by atoms with van der Waals surface area (Å²) in [7, 11) is 0. The van der Waals surface area contributed by atoms with Gasteiger partial charge in [-0.2, -0.15) is 0 Å². The Balaban J connectivity index is 1.66. The predicted molar refractivity (Wildman–Crippen MR) is 71.8 cm³/mol. The molecule has 1 unspecified atom stereocenters. The van der Waals surface area contributed by atoms with Gasteiger partial charge in [0.05, 0.1) is 11.7 Å². The minimum atomic E-state index is 0.206. The van der Waals surface area contributed by atoms with Gasteiger partial charge < -0.3 is 10.5 Å². The molecule has 0 aromatic carbocycles. The van der Waals surface area contributed by atoms with Crippen LogP contribution >= 0.6 is 11.3 Å². The van der Waals surface area contributed by atoms with Gasteiger partial charge in [0.15, 0.2) is 0 Å². The van der Waals surface area contributed by atoms with Crippen molar-refractivity contribution in [3.05, 3.63) is 15.6 Å². The van der Waals surface area contributed by atoms with E-state index in [0.717, 1.165) is 26.1 Å². The van der Waals surface area contributed by atoms with E-state index >= 15 is 0 Å². The SMILES string of the molecule is NC(c1nc2c(s1)CCC21CCOCC1)C1CC1. The highest BCUT2D eigenvalue weighted by molar-refractivity contribution is 7.11. The molecule has 1 aromatic heterocycles. The molecule has 0 amide bonds. The van der Waals surface area contributed by atoms with E-state index < -0.39 is 0 Å². The van der Waals surface area contributed by atoms with Gasteiger partial charge in [-0.05, 0) is 44.4 Å². The lowest BCUT2D eigenvalue weighted by molar-refractivity contribution is 0.0493. The average molecular weight is 264 g/mol. The van der Waals surface area contributed by atoms with Crippen molar-refractivity contribution in [2.24, 2.45) is 11.7 Å². The number of aromatic nitrogens is 1. The van der Waals surface area contributed by atoms with Gasteiger partial charge in [-0.15, -0.1) is 11.3 Å². The number of thiazole rings is 1. The summed E-state index contributed by atoms with van der Waals surface area (Å²) in [4.78, 5) is 6.48. The topological polar surface area (TPSA) is 48.1 Å². The van der Waals surface area contributed by atoms with E-state index in [4.69, 9.17) is 15.5 Å². The highest BCUT2D eigenvalue weighted by Gasteiger charge is 2.44. The van der Waals surface area contributed by atoms with Crippen molar-refractivity contribution in [2.45, 2.75) is 50.0 Å². The van der Waals surface area contributed by atoms with Crippen LogP contribution in [0.1, 0.15) is 53.7 Å². The third kappa shape index (κ3) is 1.66. The molecule has 1 aliphatic heterocycles. The summed E-state index contributed by atoms with van der Waals surface area (Å²) in [6.45, 7) is 1.81. The van der Waals surface area contributed by atoms with E-state index in [0.29, 0.717) is 11.3 Å². The maximum absolute atomic E-state index is 6.30. The van der Waals surface area contributed by atoms with Crippen LogP contribution in [0.2, 0.25) is 0 Å². The molecule has 98 valence electrons. The third-order valence-electron chi connectivity index (χ3n) is 4.91. The van der Waals surface area contributed by atoms with Crippen LogP contribution in [0.4, 0.5) is 0 Å². The molecule has 3 nitrogen and oxygen atoms in total. The molecule has 1 saturated carbocycles. The van der Waals surface area contributed by atoms with E-state index in [9.17, 15) is 0 Å². The fraction of sp³-hybridized carbons (Fsp3) is 0.786. The lowest BCUT2D eigenvalue weighted by Crippen LogP contribution is -2.32. The second kappa shape index (κ2) is 4.02. The number of aryl methyl sites for hydroxylation is 1. The molecule has 0 bridgehead atoms. The van der Waals surface area contributed by atoms with Crippen molar-refractivity contribution in [3.63, 3.8) is 0 Å².